The van der Waals surface area contributed by atoms with Gasteiger partial charge < -0.3 is 20.4 Å². The first-order valence-electron chi connectivity index (χ1n) is 4.18. The quantitative estimate of drug-likeness (QED) is 0.184. The molecule has 0 radical (unpaired) electrons. The van der Waals surface area contributed by atoms with Gasteiger partial charge in [-0.1, -0.05) is 5.64 Å². The van der Waals surface area contributed by atoms with Crippen molar-refractivity contribution in [3.8, 4) is 0 Å². The minimum Gasteiger partial charge on any atom is -0.481 e. The molecule has 0 saturated heterocycles. The number of aliphatic carboxylic acids is 2. The van der Waals surface area contributed by atoms with E-state index in [0.29, 0.717) is 0 Å². The van der Waals surface area contributed by atoms with Gasteiger partial charge in [0.05, 0.1) is 26.4 Å². The van der Waals surface area contributed by atoms with Crippen molar-refractivity contribution in [2.75, 3.05) is 26.4 Å². The van der Waals surface area contributed by atoms with Crippen molar-refractivity contribution in [2.45, 2.75) is 6.42 Å². The average Bonchev–Trinajstić information content (AvgIpc) is 2.16. The van der Waals surface area contributed by atoms with Gasteiger partial charge in [0.2, 0.25) is 0 Å². The molecule has 5 N–H and O–H groups in total. The van der Waals surface area contributed by atoms with Crippen LogP contribution in [0.5, 0.6) is 0 Å². The predicted octanol–water partition coefficient (Wildman–Crippen LogP) is -2.03. The maximum Gasteiger partial charge on any atom is 0.314 e. The van der Waals surface area contributed by atoms with Gasteiger partial charge >= 0.3 is 11.9 Å². The predicted molar refractivity (Wildman–Crippen MR) is 49.1 cm³/mol. The van der Waals surface area contributed by atoms with Gasteiger partial charge in [-0.05, 0) is 0 Å². The highest BCUT2D eigenvalue weighted by Crippen LogP contribution is 1.74. The number of rotatable bonds is 8. The van der Waals surface area contributed by atoms with E-state index >= 15 is 0 Å². The van der Waals surface area contributed by atoms with Crippen LogP contribution < -0.4 is 5.64 Å². The first-order chi connectivity index (χ1) is 7.54. The van der Waals surface area contributed by atoms with Gasteiger partial charge in [-0.15, -0.1) is 0 Å². The summed E-state index contributed by atoms with van der Waals surface area (Å²) in [4.78, 5) is 27.8. The molecule has 0 aromatic carbocycles. The summed E-state index contributed by atoms with van der Waals surface area (Å²) in [7, 11) is 0. The molecule has 16 heavy (non-hydrogen) atoms. The van der Waals surface area contributed by atoms with Crippen molar-refractivity contribution < 1.29 is 39.7 Å². The van der Waals surface area contributed by atoms with Crippen LogP contribution in [-0.4, -0.2) is 58.8 Å². The largest absolute Gasteiger partial charge is 0.481 e. The molecule has 0 aliphatic carbocycles. The fraction of sp³-hybridized carbons (Fsp3) is 0.714. The van der Waals surface area contributed by atoms with E-state index in [1.807, 2.05) is 0 Å². The number of carboxylic acids is 2. The zero-order valence-corrected chi connectivity index (χ0v) is 8.46. The highest BCUT2D eigenvalue weighted by atomic mass is 16.9. The molecule has 0 bridgehead atoms. The van der Waals surface area contributed by atoms with Crippen LogP contribution in [0.15, 0.2) is 0 Å². The SMILES string of the molecule is O=C(O)CC(=O)O.OCCONOCCO. The summed E-state index contributed by atoms with van der Waals surface area (Å²) in [5.41, 5.74) is 2.07. The number of aliphatic hydroxyl groups excluding tert-OH is 2. The second kappa shape index (κ2) is 13.7. The van der Waals surface area contributed by atoms with Crippen molar-refractivity contribution >= 4 is 11.9 Å². The molecule has 0 atom stereocenters. The number of nitrogens with one attached hydrogen (secondary N) is 1. The molecule has 0 spiro atoms. The van der Waals surface area contributed by atoms with Gasteiger partial charge in [-0.3, -0.25) is 19.3 Å². The van der Waals surface area contributed by atoms with Gasteiger partial charge in [0, 0.05) is 0 Å². The molecule has 0 amide bonds. The Morgan fingerprint density at radius 1 is 0.938 bits per heavy atom. The molecular formula is C7H15NO8. The van der Waals surface area contributed by atoms with E-state index in [4.69, 9.17) is 20.4 Å². The van der Waals surface area contributed by atoms with Crippen LogP contribution in [0, 0.1) is 0 Å². The van der Waals surface area contributed by atoms with Crippen LogP contribution in [0.25, 0.3) is 0 Å². The molecule has 96 valence electrons. The lowest BCUT2D eigenvalue weighted by atomic mass is 10.5. The lowest BCUT2D eigenvalue weighted by molar-refractivity contribution is -0.178. The highest BCUT2D eigenvalue weighted by molar-refractivity contribution is 5.88. The standard InChI is InChI=1S/C4H11NO4.C3H4O4/c6-1-3-8-5-9-4-2-7;4-2(5)1-3(6)7/h5-7H,1-4H2;1H2,(H,4,5)(H,6,7). The van der Waals surface area contributed by atoms with Crippen LogP contribution in [0.2, 0.25) is 0 Å². The molecule has 0 aliphatic rings. The monoisotopic (exact) mass is 241 g/mol. The number of aliphatic hydroxyl groups is 2. The second-order valence-electron chi connectivity index (χ2n) is 2.19. The Bertz CT molecular complexity index is 167. The van der Waals surface area contributed by atoms with E-state index in [1.165, 1.54) is 0 Å². The molecule has 0 aromatic rings. The first-order valence-corrected chi connectivity index (χ1v) is 4.18. The minimum absolute atomic E-state index is 0.0600. The molecule has 0 heterocycles. The Hall–Kier alpha value is -1.26. The normalized spacial score (nSPS) is 9.12. The van der Waals surface area contributed by atoms with E-state index in [1.54, 1.807) is 0 Å². The Labute approximate surface area is 91.1 Å². The molecule has 0 aliphatic heterocycles. The van der Waals surface area contributed by atoms with Gasteiger partial charge in [-0.25, -0.2) is 0 Å². The second-order valence-corrected chi connectivity index (χ2v) is 2.19. The molecule has 0 unspecified atom stereocenters. The van der Waals surface area contributed by atoms with Crippen molar-refractivity contribution in [2.24, 2.45) is 0 Å². The van der Waals surface area contributed by atoms with Crippen molar-refractivity contribution in [3.05, 3.63) is 0 Å². The molecule has 0 fully saturated rings. The zero-order valence-electron chi connectivity index (χ0n) is 8.46. The average molecular weight is 241 g/mol. The van der Waals surface area contributed by atoms with Crippen LogP contribution in [0.4, 0.5) is 0 Å². The number of hydrogen-bond donors (Lipinski definition) is 5. The number of hydrogen-bond acceptors (Lipinski definition) is 7. The summed E-state index contributed by atoms with van der Waals surface area (Å²) >= 11 is 0. The van der Waals surface area contributed by atoms with Gasteiger partial charge in [0.25, 0.3) is 0 Å². The smallest absolute Gasteiger partial charge is 0.314 e. The molecule has 0 aromatic heterocycles. The zero-order chi connectivity index (χ0) is 12.8. The Kier molecular flexibility index (Phi) is 14.7. The summed E-state index contributed by atoms with van der Waals surface area (Å²) < 4.78 is 0. The fourth-order valence-electron chi connectivity index (χ4n) is 0.346. The Morgan fingerprint density at radius 2 is 1.31 bits per heavy atom. The lowest BCUT2D eigenvalue weighted by Gasteiger charge is -2.01. The van der Waals surface area contributed by atoms with Crippen molar-refractivity contribution in [1.29, 1.82) is 0 Å². The van der Waals surface area contributed by atoms with E-state index in [0.717, 1.165) is 0 Å². The summed E-state index contributed by atoms with van der Waals surface area (Å²) in [6.07, 6.45) is -0.806. The van der Waals surface area contributed by atoms with Crippen LogP contribution >= 0.6 is 0 Å². The molecule has 0 rings (SSSR count). The fourth-order valence-corrected chi connectivity index (χ4v) is 0.346. The minimum atomic E-state index is -1.31. The molecule has 9 nitrogen and oxygen atoms in total. The van der Waals surface area contributed by atoms with Gasteiger partial charge in [-0.2, -0.15) is 0 Å². The molecule has 0 saturated carbocycles. The van der Waals surface area contributed by atoms with E-state index in [9.17, 15) is 9.59 Å². The lowest BCUT2D eigenvalue weighted by Crippen LogP contribution is -2.19. The first kappa shape index (κ1) is 17.1. The van der Waals surface area contributed by atoms with E-state index < -0.39 is 18.4 Å². The van der Waals surface area contributed by atoms with Crippen LogP contribution in [0.3, 0.4) is 0 Å². The topological polar surface area (TPSA) is 146 Å². The summed E-state index contributed by atoms with van der Waals surface area (Å²) in [6, 6.07) is 0. The number of carbonyl (C=O) groups is 2. The maximum atomic E-state index is 9.43. The Morgan fingerprint density at radius 3 is 1.50 bits per heavy atom. The maximum absolute atomic E-state index is 9.43. The summed E-state index contributed by atoms with van der Waals surface area (Å²) in [5, 5.41) is 31.7. The van der Waals surface area contributed by atoms with Crippen molar-refractivity contribution in [1.82, 2.24) is 5.64 Å². The number of carboxylic acid groups (broad SMARTS) is 2. The highest BCUT2D eigenvalue weighted by Gasteiger charge is 2.01. The third-order valence-electron chi connectivity index (χ3n) is 0.807. The van der Waals surface area contributed by atoms with E-state index in [-0.39, 0.29) is 26.4 Å². The van der Waals surface area contributed by atoms with Gasteiger partial charge in [0.1, 0.15) is 6.42 Å². The van der Waals surface area contributed by atoms with E-state index in [2.05, 4.69) is 15.3 Å². The summed E-state index contributed by atoms with van der Waals surface area (Å²) in [6.45, 7) is 0.224. The van der Waals surface area contributed by atoms with Gasteiger partial charge in [0.15, 0.2) is 0 Å². The molecular weight excluding hydrogens is 226 g/mol. The third kappa shape index (κ3) is 23.0. The van der Waals surface area contributed by atoms with Crippen LogP contribution in [-0.2, 0) is 19.3 Å². The third-order valence-corrected chi connectivity index (χ3v) is 0.807. The van der Waals surface area contributed by atoms with Crippen LogP contribution in [0.1, 0.15) is 6.42 Å². The Balaban J connectivity index is 0. The summed E-state index contributed by atoms with van der Waals surface area (Å²) in [5.74, 6) is -2.62. The van der Waals surface area contributed by atoms with Crippen molar-refractivity contribution in [3.63, 3.8) is 0 Å². The molecule has 9 heteroatoms.